The third-order valence-corrected chi connectivity index (χ3v) is 4.24. The van der Waals surface area contributed by atoms with E-state index in [0.29, 0.717) is 18.2 Å². The van der Waals surface area contributed by atoms with Crippen molar-refractivity contribution in [1.82, 2.24) is 10.2 Å². The fourth-order valence-electron chi connectivity index (χ4n) is 2.94. The van der Waals surface area contributed by atoms with Crippen LogP contribution in [0.2, 0.25) is 0 Å². The first kappa shape index (κ1) is 15.9. The Hall–Kier alpha value is -1.44. The largest absolute Gasteiger partial charge is 0.313 e. The van der Waals surface area contributed by atoms with Crippen molar-refractivity contribution >= 4 is 0 Å². The summed E-state index contributed by atoms with van der Waals surface area (Å²) in [5.41, 5.74) is 1.29. The molecular formula is C17H24FN3. The smallest absolute Gasteiger partial charge is 0.123 e. The third kappa shape index (κ3) is 4.80. The van der Waals surface area contributed by atoms with Crippen molar-refractivity contribution in [1.29, 1.82) is 5.26 Å². The first-order chi connectivity index (χ1) is 10.2. The van der Waals surface area contributed by atoms with E-state index in [2.05, 4.69) is 23.2 Å². The van der Waals surface area contributed by atoms with E-state index in [0.717, 1.165) is 25.1 Å². The summed E-state index contributed by atoms with van der Waals surface area (Å²) in [7, 11) is 0. The highest BCUT2D eigenvalue weighted by Gasteiger charge is 2.16. The zero-order valence-electron chi connectivity index (χ0n) is 12.7. The molecular weight excluding hydrogens is 265 g/mol. The molecule has 0 aliphatic carbocycles. The van der Waals surface area contributed by atoms with Crippen LogP contribution >= 0.6 is 0 Å². The van der Waals surface area contributed by atoms with Crippen molar-refractivity contribution in [3.8, 4) is 6.07 Å². The van der Waals surface area contributed by atoms with Gasteiger partial charge in [0.2, 0.25) is 0 Å². The number of nitrogens with zero attached hydrogens (tertiary/aromatic N) is 2. The van der Waals surface area contributed by atoms with Gasteiger partial charge in [-0.3, -0.25) is 0 Å². The average Bonchev–Trinajstić information content (AvgIpc) is 2.49. The van der Waals surface area contributed by atoms with Gasteiger partial charge in [0.15, 0.2) is 0 Å². The van der Waals surface area contributed by atoms with E-state index >= 15 is 0 Å². The van der Waals surface area contributed by atoms with E-state index in [-0.39, 0.29) is 5.82 Å². The Balaban J connectivity index is 1.70. The Bertz CT molecular complexity index is 495. The maximum absolute atomic E-state index is 13.2. The van der Waals surface area contributed by atoms with Crippen LogP contribution in [-0.4, -0.2) is 30.6 Å². The van der Waals surface area contributed by atoms with Gasteiger partial charge in [-0.05, 0) is 69.6 Å². The fraction of sp³-hybridized carbons (Fsp3) is 0.588. The molecule has 21 heavy (non-hydrogen) atoms. The Morgan fingerprint density at radius 1 is 1.43 bits per heavy atom. The zero-order valence-corrected chi connectivity index (χ0v) is 12.7. The molecule has 0 aromatic heterocycles. The summed E-state index contributed by atoms with van der Waals surface area (Å²) >= 11 is 0. The lowest BCUT2D eigenvalue weighted by molar-refractivity contribution is 0.159. The Morgan fingerprint density at radius 3 is 3.05 bits per heavy atom. The summed E-state index contributed by atoms with van der Waals surface area (Å²) in [6.45, 7) is 6.07. The van der Waals surface area contributed by atoms with Crippen molar-refractivity contribution in [3.63, 3.8) is 0 Å². The van der Waals surface area contributed by atoms with E-state index < -0.39 is 0 Å². The predicted molar refractivity (Wildman–Crippen MR) is 82.3 cm³/mol. The molecule has 114 valence electrons. The van der Waals surface area contributed by atoms with E-state index in [4.69, 9.17) is 5.26 Å². The van der Waals surface area contributed by atoms with Crippen molar-refractivity contribution in [2.75, 3.05) is 19.6 Å². The summed E-state index contributed by atoms with van der Waals surface area (Å²) in [6.07, 6.45) is 5.06. The van der Waals surface area contributed by atoms with Gasteiger partial charge in [-0.2, -0.15) is 5.26 Å². The maximum Gasteiger partial charge on any atom is 0.123 e. The number of likely N-dealkylation sites (tertiary alicyclic amines) is 1. The minimum Gasteiger partial charge on any atom is -0.313 e. The molecule has 0 saturated carbocycles. The van der Waals surface area contributed by atoms with Gasteiger partial charge >= 0.3 is 0 Å². The molecule has 1 unspecified atom stereocenters. The topological polar surface area (TPSA) is 39.1 Å². The number of benzene rings is 1. The van der Waals surface area contributed by atoms with E-state index in [1.54, 1.807) is 6.07 Å². The summed E-state index contributed by atoms with van der Waals surface area (Å²) in [5.74, 6) is -0.284. The van der Waals surface area contributed by atoms with Gasteiger partial charge in [0.05, 0.1) is 11.6 Å². The molecule has 1 atom stereocenters. The molecule has 4 heteroatoms. The molecule has 1 aliphatic heterocycles. The normalized spacial score (nSPS) is 19.4. The number of piperidine rings is 1. The van der Waals surface area contributed by atoms with Crippen LogP contribution in [0.4, 0.5) is 4.39 Å². The molecule has 1 aliphatic rings. The number of nitriles is 1. The fourth-order valence-corrected chi connectivity index (χ4v) is 2.94. The highest BCUT2D eigenvalue weighted by atomic mass is 19.1. The van der Waals surface area contributed by atoms with Crippen LogP contribution in [0.1, 0.15) is 43.7 Å². The van der Waals surface area contributed by atoms with E-state index in [9.17, 15) is 4.39 Å². The summed E-state index contributed by atoms with van der Waals surface area (Å²) < 4.78 is 13.2. The Morgan fingerprint density at radius 2 is 2.29 bits per heavy atom. The van der Waals surface area contributed by atoms with E-state index in [1.165, 1.54) is 37.9 Å². The Labute approximate surface area is 126 Å². The number of hydrogen-bond donors (Lipinski definition) is 1. The predicted octanol–water partition coefficient (Wildman–Crippen LogP) is 3.05. The number of nitrogens with one attached hydrogen (secondary N) is 1. The minimum absolute atomic E-state index is 0.284. The lowest BCUT2D eigenvalue weighted by Gasteiger charge is -2.33. The highest BCUT2D eigenvalue weighted by molar-refractivity contribution is 5.37. The number of hydrogen-bond acceptors (Lipinski definition) is 3. The van der Waals surface area contributed by atoms with Crippen LogP contribution in [0.15, 0.2) is 18.2 Å². The van der Waals surface area contributed by atoms with Gasteiger partial charge in [-0.25, -0.2) is 4.39 Å². The third-order valence-electron chi connectivity index (χ3n) is 4.24. The highest BCUT2D eigenvalue weighted by Crippen LogP contribution is 2.16. The van der Waals surface area contributed by atoms with Crippen molar-refractivity contribution in [3.05, 3.63) is 35.1 Å². The number of halogens is 1. The van der Waals surface area contributed by atoms with Gasteiger partial charge in [0.25, 0.3) is 0 Å². The molecule has 1 saturated heterocycles. The van der Waals surface area contributed by atoms with Crippen molar-refractivity contribution < 1.29 is 4.39 Å². The maximum atomic E-state index is 13.2. The number of rotatable bonds is 6. The van der Waals surface area contributed by atoms with Crippen molar-refractivity contribution in [2.24, 2.45) is 0 Å². The SMILES string of the molecule is CC1CCCCN1CCCNCc1cc(F)ccc1C#N. The van der Waals surface area contributed by atoms with Gasteiger partial charge in [0, 0.05) is 12.6 Å². The van der Waals surface area contributed by atoms with Crippen LogP contribution < -0.4 is 5.32 Å². The van der Waals surface area contributed by atoms with Gasteiger partial charge in [0.1, 0.15) is 5.82 Å². The molecule has 1 heterocycles. The lowest BCUT2D eigenvalue weighted by Crippen LogP contribution is -2.38. The molecule has 0 spiro atoms. The average molecular weight is 289 g/mol. The molecule has 0 amide bonds. The van der Waals surface area contributed by atoms with Crippen LogP contribution in [0.5, 0.6) is 0 Å². The van der Waals surface area contributed by atoms with E-state index in [1.807, 2.05) is 0 Å². The monoisotopic (exact) mass is 289 g/mol. The lowest BCUT2D eigenvalue weighted by atomic mass is 10.0. The quantitative estimate of drug-likeness (QED) is 0.818. The molecule has 1 N–H and O–H groups in total. The summed E-state index contributed by atoms with van der Waals surface area (Å²) in [6, 6.07) is 7.13. The second kappa shape index (κ2) is 8.11. The van der Waals surface area contributed by atoms with Crippen molar-refractivity contribution in [2.45, 2.75) is 45.2 Å². The minimum atomic E-state index is -0.284. The second-order valence-corrected chi connectivity index (χ2v) is 5.82. The van der Waals surface area contributed by atoms with Gasteiger partial charge < -0.3 is 10.2 Å². The molecule has 3 nitrogen and oxygen atoms in total. The molecule has 1 aromatic carbocycles. The second-order valence-electron chi connectivity index (χ2n) is 5.82. The first-order valence-corrected chi connectivity index (χ1v) is 7.84. The zero-order chi connectivity index (χ0) is 15.1. The molecule has 0 radical (unpaired) electrons. The van der Waals surface area contributed by atoms with Crippen LogP contribution in [0, 0.1) is 17.1 Å². The molecule has 1 fully saturated rings. The molecule has 0 bridgehead atoms. The van der Waals surface area contributed by atoms with Crippen LogP contribution in [-0.2, 0) is 6.54 Å². The standard InChI is InChI=1S/C17H24FN3/c1-14-5-2-3-9-21(14)10-4-8-20-13-16-11-17(18)7-6-15(16)12-19/h6-7,11,14,20H,2-5,8-10,13H2,1H3. The van der Waals surface area contributed by atoms with Crippen LogP contribution in [0.25, 0.3) is 0 Å². The molecule has 2 rings (SSSR count). The van der Waals surface area contributed by atoms with Crippen LogP contribution in [0.3, 0.4) is 0 Å². The molecule has 1 aromatic rings. The Kier molecular flexibility index (Phi) is 6.16. The van der Waals surface area contributed by atoms with Gasteiger partial charge in [-0.15, -0.1) is 0 Å². The van der Waals surface area contributed by atoms with Gasteiger partial charge in [-0.1, -0.05) is 6.42 Å². The summed E-state index contributed by atoms with van der Waals surface area (Å²) in [4.78, 5) is 2.55. The first-order valence-electron chi connectivity index (χ1n) is 7.84. The summed E-state index contributed by atoms with van der Waals surface area (Å²) in [5, 5.41) is 12.3.